The number of nitrogens with zero attached hydrogens (tertiary/aromatic N) is 3. The molecule has 0 N–H and O–H groups in total. The molecule has 3 rings (SSSR count). The predicted octanol–water partition coefficient (Wildman–Crippen LogP) is 2.06. The first-order chi connectivity index (χ1) is 11.0. The number of carbonyl (C=O) groups excluding carboxylic acids is 2. The van der Waals surface area contributed by atoms with Crippen molar-refractivity contribution in [2.24, 2.45) is 5.92 Å². The van der Waals surface area contributed by atoms with Gasteiger partial charge in [0.25, 0.3) is 5.91 Å². The van der Waals surface area contributed by atoms with Crippen LogP contribution in [-0.2, 0) is 4.74 Å². The molecule has 0 aromatic carbocycles. The minimum Gasteiger partial charge on any atom is -0.447 e. The monoisotopic (exact) mass is 321 g/mol. The van der Waals surface area contributed by atoms with Gasteiger partial charge in [0.1, 0.15) is 12.4 Å². The van der Waals surface area contributed by atoms with E-state index in [1.165, 1.54) is 0 Å². The molecule has 0 aliphatic carbocycles. The fraction of sp³-hybridized carbons (Fsp3) is 0.688. The third-order valence-corrected chi connectivity index (χ3v) is 4.71. The highest BCUT2D eigenvalue weighted by Crippen LogP contribution is 2.27. The molecule has 23 heavy (non-hydrogen) atoms. The van der Waals surface area contributed by atoms with Gasteiger partial charge >= 0.3 is 6.09 Å². The maximum absolute atomic E-state index is 12.4. The topological polar surface area (TPSA) is 75.9 Å². The lowest BCUT2D eigenvalue weighted by Gasteiger charge is -2.38. The van der Waals surface area contributed by atoms with E-state index in [9.17, 15) is 9.59 Å². The molecule has 2 amide bonds. The molecule has 1 atom stereocenters. The molecule has 7 nitrogen and oxygen atoms in total. The average molecular weight is 321 g/mol. The Bertz CT molecular complexity index is 590. The summed E-state index contributed by atoms with van der Waals surface area (Å²) in [6.07, 6.45) is 1.31. The molecule has 0 spiro atoms. The van der Waals surface area contributed by atoms with Gasteiger partial charge in [0, 0.05) is 25.2 Å². The number of hydrogen-bond acceptors (Lipinski definition) is 5. The number of hydrogen-bond donors (Lipinski definition) is 0. The predicted molar refractivity (Wildman–Crippen MR) is 82.0 cm³/mol. The molecule has 3 heterocycles. The van der Waals surface area contributed by atoms with Crippen LogP contribution in [0.15, 0.2) is 10.6 Å². The van der Waals surface area contributed by atoms with E-state index >= 15 is 0 Å². The number of likely N-dealkylation sites (tertiary alicyclic amines) is 1. The van der Waals surface area contributed by atoms with Crippen molar-refractivity contribution in [3.63, 3.8) is 0 Å². The lowest BCUT2D eigenvalue weighted by Crippen LogP contribution is -2.51. The second kappa shape index (κ2) is 6.22. The zero-order valence-corrected chi connectivity index (χ0v) is 13.8. The van der Waals surface area contributed by atoms with Crippen LogP contribution in [0.3, 0.4) is 0 Å². The van der Waals surface area contributed by atoms with Crippen LogP contribution < -0.4 is 0 Å². The van der Waals surface area contributed by atoms with Crippen molar-refractivity contribution in [2.75, 3.05) is 19.7 Å². The summed E-state index contributed by atoms with van der Waals surface area (Å²) in [6, 6.07) is 1.93. The van der Waals surface area contributed by atoms with E-state index in [-0.39, 0.29) is 24.1 Å². The van der Waals surface area contributed by atoms with Crippen molar-refractivity contribution in [1.82, 2.24) is 15.0 Å². The fourth-order valence-corrected chi connectivity index (χ4v) is 3.36. The van der Waals surface area contributed by atoms with E-state index in [1.54, 1.807) is 17.9 Å². The van der Waals surface area contributed by atoms with Crippen LogP contribution in [0.4, 0.5) is 4.79 Å². The first-order valence-corrected chi connectivity index (χ1v) is 8.15. The van der Waals surface area contributed by atoms with Gasteiger partial charge in [-0.05, 0) is 25.7 Å². The molecule has 0 bridgehead atoms. The van der Waals surface area contributed by atoms with E-state index in [4.69, 9.17) is 9.26 Å². The second-order valence-electron chi connectivity index (χ2n) is 6.64. The van der Waals surface area contributed by atoms with E-state index in [1.807, 2.05) is 4.90 Å². The first kappa shape index (κ1) is 15.8. The van der Waals surface area contributed by atoms with Crippen molar-refractivity contribution in [3.8, 4) is 0 Å². The highest BCUT2D eigenvalue weighted by Gasteiger charge is 2.41. The van der Waals surface area contributed by atoms with Crippen molar-refractivity contribution in [3.05, 3.63) is 17.5 Å². The van der Waals surface area contributed by atoms with Crippen molar-refractivity contribution >= 4 is 12.0 Å². The first-order valence-electron chi connectivity index (χ1n) is 8.15. The molecule has 2 aliphatic rings. The van der Waals surface area contributed by atoms with E-state index in [0.717, 1.165) is 12.8 Å². The summed E-state index contributed by atoms with van der Waals surface area (Å²) < 4.78 is 10.2. The molecular formula is C16H23N3O4. The third kappa shape index (κ3) is 3.04. The molecule has 1 aromatic heterocycles. The number of cyclic esters (lactones) is 1. The lowest BCUT2D eigenvalue weighted by molar-refractivity contribution is 0.0610. The second-order valence-corrected chi connectivity index (χ2v) is 6.64. The summed E-state index contributed by atoms with van der Waals surface area (Å²) >= 11 is 0. The van der Waals surface area contributed by atoms with Crippen LogP contribution in [0.1, 0.15) is 42.9 Å². The Balaban J connectivity index is 1.62. The average Bonchev–Trinajstić information content (AvgIpc) is 3.13. The summed E-state index contributed by atoms with van der Waals surface area (Å²) in [5, 5.41) is 3.78. The Hall–Kier alpha value is -2.05. The smallest absolute Gasteiger partial charge is 0.410 e. The molecule has 126 valence electrons. The summed E-state index contributed by atoms with van der Waals surface area (Å²) in [4.78, 5) is 28.1. The molecule has 2 fully saturated rings. The van der Waals surface area contributed by atoms with Gasteiger partial charge in [0.2, 0.25) is 0 Å². The molecule has 2 saturated heterocycles. The van der Waals surface area contributed by atoms with Gasteiger partial charge < -0.3 is 14.2 Å². The summed E-state index contributed by atoms with van der Waals surface area (Å²) in [6.45, 7) is 7.67. The Labute approximate surface area is 135 Å². The van der Waals surface area contributed by atoms with Crippen LogP contribution in [-0.4, -0.2) is 58.7 Å². The van der Waals surface area contributed by atoms with Gasteiger partial charge in [-0.2, -0.15) is 0 Å². The maximum atomic E-state index is 12.4. The number of carbonyl (C=O) groups is 2. The van der Waals surface area contributed by atoms with Gasteiger partial charge in [-0.1, -0.05) is 19.0 Å². The Morgan fingerprint density at radius 1 is 1.35 bits per heavy atom. The molecule has 2 aliphatic heterocycles. The Morgan fingerprint density at radius 2 is 2.04 bits per heavy atom. The van der Waals surface area contributed by atoms with E-state index in [0.29, 0.717) is 37.1 Å². The molecule has 7 heteroatoms. The van der Waals surface area contributed by atoms with Gasteiger partial charge in [-0.15, -0.1) is 0 Å². The van der Waals surface area contributed by atoms with Crippen LogP contribution in [0, 0.1) is 12.8 Å². The number of amides is 2. The zero-order chi connectivity index (χ0) is 16.6. The molecule has 1 unspecified atom stereocenters. The quantitative estimate of drug-likeness (QED) is 0.852. The maximum Gasteiger partial charge on any atom is 0.410 e. The SMILES string of the molecule is Cc1cc(C(=O)N2CCC(N3C(=O)OCC3C(C)C)CC2)no1. The minimum atomic E-state index is -0.222. The van der Waals surface area contributed by atoms with Crippen LogP contribution in [0.25, 0.3) is 0 Å². The lowest BCUT2D eigenvalue weighted by atomic mass is 9.97. The molecule has 1 aromatic rings. The van der Waals surface area contributed by atoms with Gasteiger partial charge in [-0.3, -0.25) is 9.69 Å². The van der Waals surface area contributed by atoms with Crippen molar-refractivity contribution < 1.29 is 18.8 Å². The number of aryl methyl sites for hydroxylation is 1. The van der Waals surface area contributed by atoms with Crippen LogP contribution in [0.2, 0.25) is 0 Å². The Morgan fingerprint density at radius 3 is 2.61 bits per heavy atom. The minimum absolute atomic E-state index is 0.107. The van der Waals surface area contributed by atoms with Crippen molar-refractivity contribution in [2.45, 2.75) is 45.7 Å². The number of ether oxygens (including phenoxy) is 1. The number of rotatable bonds is 3. The summed E-state index contributed by atoms with van der Waals surface area (Å²) in [5.74, 6) is 0.881. The van der Waals surface area contributed by atoms with E-state index < -0.39 is 0 Å². The molecule has 0 saturated carbocycles. The van der Waals surface area contributed by atoms with Gasteiger partial charge in [-0.25, -0.2) is 4.79 Å². The number of piperidine rings is 1. The standard InChI is InChI=1S/C16H23N3O4/c1-10(2)14-9-22-16(21)19(14)12-4-6-18(7-5-12)15(20)13-8-11(3)23-17-13/h8,10,12,14H,4-7,9H2,1-3H3. The van der Waals surface area contributed by atoms with Crippen LogP contribution in [0.5, 0.6) is 0 Å². The van der Waals surface area contributed by atoms with E-state index in [2.05, 4.69) is 19.0 Å². The van der Waals surface area contributed by atoms with Crippen molar-refractivity contribution in [1.29, 1.82) is 0 Å². The number of aromatic nitrogens is 1. The summed E-state index contributed by atoms with van der Waals surface area (Å²) in [5.41, 5.74) is 0.349. The van der Waals surface area contributed by atoms with Gasteiger partial charge in [0.15, 0.2) is 5.69 Å². The fourth-order valence-electron chi connectivity index (χ4n) is 3.36. The molecule has 0 radical (unpaired) electrons. The van der Waals surface area contributed by atoms with Crippen LogP contribution >= 0.6 is 0 Å². The molecular weight excluding hydrogens is 298 g/mol. The normalized spacial score (nSPS) is 22.8. The largest absolute Gasteiger partial charge is 0.447 e. The Kier molecular flexibility index (Phi) is 4.28. The summed E-state index contributed by atoms with van der Waals surface area (Å²) in [7, 11) is 0. The highest BCUT2D eigenvalue weighted by molar-refractivity contribution is 5.92. The van der Waals surface area contributed by atoms with Gasteiger partial charge in [0.05, 0.1) is 6.04 Å². The third-order valence-electron chi connectivity index (χ3n) is 4.71. The highest BCUT2D eigenvalue weighted by atomic mass is 16.6. The zero-order valence-electron chi connectivity index (χ0n) is 13.8.